The Hall–Kier alpha value is 0.452. The molecular weight excluding hydrogens is 249 g/mol. The molecule has 1 aliphatic heterocycles. The average molecular weight is 283 g/mol. The average Bonchev–Trinajstić information content (AvgIpc) is 2.45. The highest BCUT2D eigenvalue weighted by Gasteiger charge is 2.29. The zero-order valence-electron chi connectivity index (χ0n) is 13.7. The summed E-state index contributed by atoms with van der Waals surface area (Å²) >= 11 is -0.917. The summed E-state index contributed by atoms with van der Waals surface area (Å²) < 4.78 is 6.61. The molecule has 1 unspecified atom stereocenters. The van der Waals surface area contributed by atoms with Crippen molar-refractivity contribution < 1.29 is 3.79 Å². The molecule has 1 saturated heterocycles. The van der Waals surface area contributed by atoms with Crippen LogP contribution in [0.4, 0.5) is 0 Å². The van der Waals surface area contributed by atoms with E-state index in [0.717, 1.165) is 5.92 Å². The van der Waals surface area contributed by atoms with Gasteiger partial charge in [-0.15, -0.1) is 0 Å². The molecule has 0 bridgehead atoms. The molecule has 1 heterocycles. The zero-order valence-corrected chi connectivity index (χ0v) is 14.8. The maximum atomic E-state index is 6.61. The third kappa shape index (κ3) is 6.17. The molecular formula is C16H34AlNO. The number of piperidine rings is 1. The summed E-state index contributed by atoms with van der Waals surface area (Å²) in [7, 11) is 0. The molecule has 2 nitrogen and oxygen atoms in total. The first-order valence-electron chi connectivity index (χ1n) is 8.62. The van der Waals surface area contributed by atoms with E-state index in [2.05, 4.69) is 32.6 Å². The van der Waals surface area contributed by atoms with E-state index in [1.54, 1.807) is 0 Å². The Morgan fingerprint density at radius 2 is 1.63 bits per heavy atom. The van der Waals surface area contributed by atoms with Gasteiger partial charge < -0.3 is 8.69 Å². The molecule has 0 aliphatic carbocycles. The van der Waals surface area contributed by atoms with Gasteiger partial charge in [0, 0.05) is 6.10 Å². The lowest BCUT2D eigenvalue weighted by Crippen LogP contribution is -2.40. The number of hydrogen-bond donors (Lipinski definition) is 0. The van der Waals surface area contributed by atoms with Gasteiger partial charge in [-0.3, -0.25) is 0 Å². The second-order valence-corrected chi connectivity index (χ2v) is 8.72. The molecule has 1 aliphatic rings. The molecule has 19 heavy (non-hydrogen) atoms. The third-order valence-electron chi connectivity index (χ3n) is 4.60. The van der Waals surface area contributed by atoms with Crippen molar-refractivity contribution in [1.82, 2.24) is 4.90 Å². The van der Waals surface area contributed by atoms with Crippen molar-refractivity contribution in [2.75, 3.05) is 19.6 Å². The van der Waals surface area contributed by atoms with Gasteiger partial charge in [0.05, 0.1) is 0 Å². The van der Waals surface area contributed by atoms with Crippen molar-refractivity contribution in [2.45, 2.75) is 76.5 Å². The second-order valence-electron chi connectivity index (χ2n) is 6.05. The second kappa shape index (κ2) is 10.2. The van der Waals surface area contributed by atoms with Crippen molar-refractivity contribution in [2.24, 2.45) is 5.92 Å². The minimum absolute atomic E-state index is 0.564. The van der Waals surface area contributed by atoms with Gasteiger partial charge >= 0.3 is 14.5 Å². The normalized spacial score (nSPS) is 19.6. The van der Waals surface area contributed by atoms with Crippen LogP contribution in [-0.2, 0) is 3.79 Å². The lowest BCUT2D eigenvalue weighted by molar-refractivity contribution is 0.0737. The van der Waals surface area contributed by atoms with Gasteiger partial charge in [-0.1, -0.05) is 51.1 Å². The number of nitrogens with zero attached hydrogens (tertiary/aromatic N) is 1. The summed E-state index contributed by atoms with van der Waals surface area (Å²) in [6.45, 7) is 13.0. The largest absolute Gasteiger partial charge is 0.498 e. The Kier molecular flexibility index (Phi) is 9.41. The highest BCUT2D eigenvalue weighted by atomic mass is 27.2. The molecule has 0 radical (unpaired) electrons. The first kappa shape index (κ1) is 17.5. The molecule has 0 N–H and O–H groups in total. The highest BCUT2D eigenvalue weighted by molar-refractivity contribution is 6.51. The lowest BCUT2D eigenvalue weighted by Gasteiger charge is -2.37. The smallest absolute Gasteiger partial charge is 0.460 e. The summed E-state index contributed by atoms with van der Waals surface area (Å²) in [6, 6.07) is 0. The van der Waals surface area contributed by atoms with Crippen LogP contribution in [0, 0.1) is 5.92 Å². The van der Waals surface area contributed by atoms with E-state index in [1.807, 2.05) is 0 Å². The Morgan fingerprint density at radius 1 is 1.05 bits per heavy atom. The molecule has 112 valence electrons. The van der Waals surface area contributed by atoms with Gasteiger partial charge in [-0.2, -0.15) is 0 Å². The van der Waals surface area contributed by atoms with Crippen LogP contribution in [0.25, 0.3) is 0 Å². The van der Waals surface area contributed by atoms with E-state index in [0.29, 0.717) is 6.10 Å². The molecule has 0 aromatic heterocycles. The fourth-order valence-corrected chi connectivity index (χ4v) is 6.11. The van der Waals surface area contributed by atoms with Crippen LogP contribution in [0.3, 0.4) is 0 Å². The van der Waals surface area contributed by atoms with Crippen LogP contribution >= 0.6 is 0 Å². The molecule has 1 fully saturated rings. The summed E-state index contributed by atoms with van der Waals surface area (Å²) in [6.07, 6.45) is 7.10. The number of rotatable bonds is 9. The summed E-state index contributed by atoms with van der Waals surface area (Å²) in [5.41, 5.74) is 0. The van der Waals surface area contributed by atoms with Crippen molar-refractivity contribution in [1.29, 1.82) is 0 Å². The Bertz CT molecular complexity index is 211. The predicted octanol–water partition coefficient (Wildman–Crippen LogP) is 4.33. The topological polar surface area (TPSA) is 12.5 Å². The minimum atomic E-state index is -0.917. The van der Waals surface area contributed by atoms with Crippen LogP contribution in [-0.4, -0.2) is 45.1 Å². The first-order valence-corrected chi connectivity index (χ1v) is 10.7. The Labute approximate surface area is 125 Å². The van der Waals surface area contributed by atoms with Gasteiger partial charge in [0.1, 0.15) is 0 Å². The van der Waals surface area contributed by atoms with Crippen LogP contribution < -0.4 is 0 Å². The fraction of sp³-hybridized carbons (Fsp3) is 1.00. The van der Waals surface area contributed by atoms with E-state index >= 15 is 0 Å². The molecule has 0 aromatic carbocycles. The molecule has 0 aromatic rings. The van der Waals surface area contributed by atoms with Crippen molar-refractivity contribution >= 4 is 14.5 Å². The quantitative estimate of drug-likeness (QED) is 0.584. The Balaban J connectivity index is 2.43. The van der Waals surface area contributed by atoms with Crippen LogP contribution in [0.2, 0.25) is 10.6 Å². The highest BCUT2D eigenvalue weighted by Crippen LogP contribution is 2.26. The molecule has 1 atom stereocenters. The molecule has 0 spiro atoms. The van der Waals surface area contributed by atoms with Gasteiger partial charge in [-0.25, -0.2) is 0 Å². The minimum Gasteiger partial charge on any atom is -0.498 e. The summed E-state index contributed by atoms with van der Waals surface area (Å²) in [4.78, 5) is 2.58. The van der Waals surface area contributed by atoms with E-state index in [-0.39, 0.29) is 0 Å². The van der Waals surface area contributed by atoms with E-state index in [1.165, 1.54) is 62.3 Å². The first-order chi connectivity index (χ1) is 9.24. The lowest BCUT2D eigenvalue weighted by atomic mass is 9.90. The maximum absolute atomic E-state index is 6.61. The molecule has 3 heteroatoms. The molecule has 0 amide bonds. The van der Waals surface area contributed by atoms with Crippen molar-refractivity contribution in [3.05, 3.63) is 0 Å². The van der Waals surface area contributed by atoms with Gasteiger partial charge in [0.25, 0.3) is 0 Å². The fourth-order valence-electron chi connectivity index (χ4n) is 3.35. The SMILES string of the molecule is CC[CH2][Al]([CH2]CC)[O]C(CC)C1CCN(CC)CC1. The van der Waals surface area contributed by atoms with Crippen molar-refractivity contribution in [3.8, 4) is 0 Å². The van der Waals surface area contributed by atoms with Gasteiger partial charge in [-0.05, 0) is 44.8 Å². The standard InChI is InChI=1S/C10H20NO.2C3H7.Al/c1-3-10(12)9-5-7-11(4-2)8-6-9;2*1-3-2;/h9-10H,3-8H2,1-2H3;2*1,3H2,2H3;/q-1;;;+1. The van der Waals surface area contributed by atoms with Crippen LogP contribution in [0.5, 0.6) is 0 Å². The molecule has 0 saturated carbocycles. The summed E-state index contributed by atoms with van der Waals surface area (Å²) in [5, 5.41) is 2.75. The van der Waals surface area contributed by atoms with E-state index in [4.69, 9.17) is 3.79 Å². The van der Waals surface area contributed by atoms with Crippen LogP contribution in [0.15, 0.2) is 0 Å². The Morgan fingerprint density at radius 3 is 2.05 bits per heavy atom. The maximum Gasteiger partial charge on any atom is 0.460 e. The van der Waals surface area contributed by atoms with Crippen molar-refractivity contribution in [3.63, 3.8) is 0 Å². The van der Waals surface area contributed by atoms with Crippen LogP contribution in [0.1, 0.15) is 59.8 Å². The van der Waals surface area contributed by atoms with Gasteiger partial charge in [0.2, 0.25) is 0 Å². The molecule has 1 rings (SSSR count). The third-order valence-corrected chi connectivity index (χ3v) is 7.77. The zero-order chi connectivity index (χ0) is 14.1. The van der Waals surface area contributed by atoms with Gasteiger partial charge in [0.15, 0.2) is 0 Å². The monoisotopic (exact) mass is 283 g/mol. The van der Waals surface area contributed by atoms with E-state index < -0.39 is 14.5 Å². The summed E-state index contributed by atoms with van der Waals surface area (Å²) in [5.74, 6) is 0.830. The van der Waals surface area contributed by atoms with E-state index in [9.17, 15) is 0 Å². The number of hydrogen-bond acceptors (Lipinski definition) is 2. The predicted molar refractivity (Wildman–Crippen MR) is 86.0 cm³/mol. The number of likely N-dealkylation sites (tertiary alicyclic amines) is 1.